The molecule has 2 unspecified atom stereocenters. The molecule has 0 spiro atoms. The molecule has 1 saturated heterocycles. The van der Waals surface area contributed by atoms with Gasteiger partial charge in [0.05, 0.1) is 18.5 Å². The highest BCUT2D eigenvalue weighted by Gasteiger charge is 2.36. The normalized spacial score (nSPS) is 21.8. The Morgan fingerprint density at radius 1 is 1.33 bits per heavy atom. The van der Waals surface area contributed by atoms with Crippen molar-refractivity contribution in [2.75, 3.05) is 25.1 Å². The first-order chi connectivity index (χ1) is 10.1. The van der Waals surface area contributed by atoms with E-state index < -0.39 is 0 Å². The molecule has 4 nitrogen and oxygen atoms in total. The SMILES string of the molecule is COC(=O)C1CN(c2cc(C)nc3ccccc23)CC1C. The van der Waals surface area contributed by atoms with Crippen LogP contribution in [0.25, 0.3) is 10.9 Å². The first-order valence-corrected chi connectivity index (χ1v) is 7.29. The molecule has 0 N–H and O–H groups in total. The quantitative estimate of drug-likeness (QED) is 0.795. The van der Waals surface area contributed by atoms with Crippen LogP contribution in [0.2, 0.25) is 0 Å². The van der Waals surface area contributed by atoms with Gasteiger partial charge in [0.1, 0.15) is 0 Å². The lowest BCUT2D eigenvalue weighted by atomic mass is 9.99. The van der Waals surface area contributed by atoms with Gasteiger partial charge in [-0.05, 0) is 25.0 Å². The molecule has 0 bridgehead atoms. The van der Waals surface area contributed by atoms with Crippen molar-refractivity contribution >= 4 is 22.6 Å². The highest BCUT2D eigenvalue weighted by atomic mass is 16.5. The van der Waals surface area contributed by atoms with Crippen LogP contribution in [0.5, 0.6) is 0 Å². The fourth-order valence-electron chi connectivity index (χ4n) is 3.17. The van der Waals surface area contributed by atoms with Crippen molar-refractivity contribution in [2.45, 2.75) is 13.8 Å². The number of aromatic nitrogens is 1. The molecule has 1 aliphatic rings. The topological polar surface area (TPSA) is 42.4 Å². The fourth-order valence-corrected chi connectivity index (χ4v) is 3.17. The number of aryl methyl sites for hydroxylation is 1. The number of methoxy groups -OCH3 is 1. The van der Waals surface area contributed by atoms with Crippen LogP contribution in [0.4, 0.5) is 5.69 Å². The Morgan fingerprint density at radius 2 is 2.10 bits per heavy atom. The number of esters is 1. The molecule has 21 heavy (non-hydrogen) atoms. The smallest absolute Gasteiger partial charge is 0.310 e. The highest BCUT2D eigenvalue weighted by Crippen LogP contribution is 2.33. The van der Waals surface area contributed by atoms with Crippen LogP contribution in [-0.2, 0) is 9.53 Å². The van der Waals surface area contributed by atoms with Crippen molar-refractivity contribution in [2.24, 2.45) is 11.8 Å². The Balaban J connectivity index is 2.00. The van der Waals surface area contributed by atoms with Gasteiger partial charge in [0.15, 0.2) is 0 Å². The van der Waals surface area contributed by atoms with Gasteiger partial charge in [0.25, 0.3) is 0 Å². The number of para-hydroxylation sites is 1. The predicted octanol–water partition coefficient (Wildman–Crippen LogP) is 2.79. The number of ether oxygens (including phenoxy) is 1. The third kappa shape index (κ3) is 2.46. The zero-order valence-corrected chi connectivity index (χ0v) is 12.7. The van der Waals surface area contributed by atoms with Crippen LogP contribution in [0.1, 0.15) is 12.6 Å². The van der Waals surface area contributed by atoms with Crippen molar-refractivity contribution in [3.8, 4) is 0 Å². The van der Waals surface area contributed by atoms with E-state index in [4.69, 9.17) is 4.74 Å². The van der Waals surface area contributed by atoms with Gasteiger partial charge < -0.3 is 9.64 Å². The summed E-state index contributed by atoms with van der Waals surface area (Å²) < 4.78 is 4.92. The number of hydrogen-bond acceptors (Lipinski definition) is 4. The van der Waals surface area contributed by atoms with Gasteiger partial charge >= 0.3 is 5.97 Å². The minimum Gasteiger partial charge on any atom is -0.469 e. The van der Waals surface area contributed by atoms with E-state index in [0.717, 1.165) is 28.8 Å². The van der Waals surface area contributed by atoms with E-state index in [1.807, 2.05) is 25.1 Å². The van der Waals surface area contributed by atoms with Crippen molar-refractivity contribution in [1.82, 2.24) is 4.98 Å². The average Bonchev–Trinajstić information content (AvgIpc) is 2.87. The first-order valence-electron chi connectivity index (χ1n) is 7.29. The Morgan fingerprint density at radius 3 is 2.86 bits per heavy atom. The monoisotopic (exact) mass is 284 g/mol. The van der Waals surface area contributed by atoms with Gasteiger partial charge in [0.2, 0.25) is 0 Å². The molecule has 1 aromatic heterocycles. The Labute approximate surface area is 124 Å². The minimum atomic E-state index is -0.111. The molecule has 1 aliphatic heterocycles. The zero-order valence-electron chi connectivity index (χ0n) is 12.7. The maximum atomic E-state index is 11.9. The van der Waals surface area contributed by atoms with Crippen molar-refractivity contribution in [1.29, 1.82) is 0 Å². The number of carbonyl (C=O) groups excluding carboxylic acids is 1. The summed E-state index contributed by atoms with van der Waals surface area (Å²) in [6, 6.07) is 10.3. The molecule has 1 aromatic carbocycles. The van der Waals surface area contributed by atoms with Gasteiger partial charge in [-0.1, -0.05) is 25.1 Å². The van der Waals surface area contributed by atoms with E-state index in [1.54, 1.807) is 0 Å². The van der Waals surface area contributed by atoms with Gasteiger partial charge in [0, 0.05) is 29.9 Å². The summed E-state index contributed by atoms with van der Waals surface area (Å²) >= 11 is 0. The summed E-state index contributed by atoms with van der Waals surface area (Å²) in [4.78, 5) is 18.7. The van der Waals surface area contributed by atoms with Gasteiger partial charge in [-0.3, -0.25) is 9.78 Å². The van der Waals surface area contributed by atoms with E-state index in [0.29, 0.717) is 12.5 Å². The summed E-state index contributed by atoms with van der Waals surface area (Å²) in [5.74, 6) is 0.131. The Hall–Kier alpha value is -2.10. The third-order valence-corrected chi connectivity index (χ3v) is 4.28. The van der Waals surface area contributed by atoms with Crippen LogP contribution in [-0.4, -0.2) is 31.2 Å². The van der Waals surface area contributed by atoms with Crippen LogP contribution in [0.3, 0.4) is 0 Å². The molecule has 0 aliphatic carbocycles. The lowest BCUT2D eigenvalue weighted by Crippen LogP contribution is -2.24. The van der Waals surface area contributed by atoms with E-state index in [2.05, 4.69) is 28.9 Å². The summed E-state index contributed by atoms with van der Waals surface area (Å²) in [5, 5.41) is 1.14. The average molecular weight is 284 g/mol. The second-order valence-electron chi connectivity index (χ2n) is 5.81. The Kier molecular flexibility index (Phi) is 3.53. The standard InChI is InChI=1S/C17H20N2O2/c1-11-9-19(10-14(11)17(20)21-3)16-8-12(2)18-15-7-5-4-6-13(15)16/h4-8,11,14H,9-10H2,1-3H3. The number of rotatable bonds is 2. The van der Waals surface area contributed by atoms with Crippen LogP contribution >= 0.6 is 0 Å². The highest BCUT2D eigenvalue weighted by molar-refractivity contribution is 5.92. The van der Waals surface area contributed by atoms with Crippen LogP contribution in [0.15, 0.2) is 30.3 Å². The molecular weight excluding hydrogens is 264 g/mol. The van der Waals surface area contributed by atoms with Gasteiger partial charge in [-0.15, -0.1) is 0 Å². The van der Waals surface area contributed by atoms with Gasteiger partial charge in [-0.2, -0.15) is 0 Å². The number of carbonyl (C=O) groups is 1. The van der Waals surface area contributed by atoms with Gasteiger partial charge in [-0.25, -0.2) is 0 Å². The number of fused-ring (bicyclic) bond motifs is 1. The van der Waals surface area contributed by atoms with E-state index >= 15 is 0 Å². The number of anilines is 1. The molecule has 0 amide bonds. The van der Waals surface area contributed by atoms with E-state index in [-0.39, 0.29) is 11.9 Å². The molecule has 0 saturated carbocycles. The third-order valence-electron chi connectivity index (χ3n) is 4.28. The molecular formula is C17H20N2O2. The number of pyridine rings is 1. The van der Waals surface area contributed by atoms with E-state index in [9.17, 15) is 4.79 Å². The predicted molar refractivity (Wildman–Crippen MR) is 83.4 cm³/mol. The summed E-state index contributed by atoms with van der Waals surface area (Å²) in [6.07, 6.45) is 0. The Bertz CT molecular complexity index is 684. The van der Waals surface area contributed by atoms with E-state index in [1.165, 1.54) is 7.11 Å². The summed E-state index contributed by atoms with van der Waals surface area (Å²) in [5.41, 5.74) is 3.16. The molecule has 2 heterocycles. The molecule has 3 rings (SSSR count). The lowest BCUT2D eigenvalue weighted by Gasteiger charge is -2.21. The maximum absolute atomic E-state index is 11.9. The molecule has 4 heteroatoms. The second-order valence-corrected chi connectivity index (χ2v) is 5.81. The van der Waals surface area contributed by atoms with Crippen molar-refractivity contribution < 1.29 is 9.53 Å². The summed E-state index contributed by atoms with van der Waals surface area (Å²) in [7, 11) is 1.46. The lowest BCUT2D eigenvalue weighted by molar-refractivity contribution is -0.145. The van der Waals surface area contributed by atoms with Crippen LogP contribution < -0.4 is 4.90 Å². The molecule has 2 atom stereocenters. The largest absolute Gasteiger partial charge is 0.469 e. The number of benzene rings is 1. The number of hydrogen-bond donors (Lipinski definition) is 0. The molecule has 1 fully saturated rings. The molecule has 110 valence electrons. The number of nitrogens with zero attached hydrogens (tertiary/aromatic N) is 2. The van der Waals surface area contributed by atoms with Crippen molar-refractivity contribution in [3.05, 3.63) is 36.0 Å². The summed E-state index contributed by atoms with van der Waals surface area (Å²) in [6.45, 7) is 5.69. The fraction of sp³-hybridized carbons (Fsp3) is 0.412. The first kappa shape index (κ1) is 13.9. The maximum Gasteiger partial charge on any atom is 0.310 e. The second kappa shape index (κ2) is 5.35. The molecule has 2 aromatic rings. The molecule has 0 radical (unpaired) electrons. The zero-order chi connectivity index (χ0) is 15.0. The van der Waals surface area contributed by atoms with Crippen molar-refractivity contribution in [3.63, 3.8) is 0 Å². The van der Waals surface area contributed by atoms with Crippen LogP contribution in [0, 0.1) is 18.8 Å². The minimum absolute atomic E-state index is 0.0535.